The van der Waals surface area contributed by atoms with E-state index >= 15 is 0 Å². The van der Waals surface area contributed by atoms with Crippen molar-refractivity contribution in [3.8, 4) is 11.3 Å². The number of nitrogens with one attached hydrogen (secondary N) is 2. The maximum atomic E-state index is 12.6. The van der Waals surface area contributed by atoms with Crippen molar-refractivity contribution in [1.29, 1.82) is 0 Å². The van der Waals surface area contributed by atoms with Crippen LogP contribution in [-0.4, -0.2) is 46.6 Å². The normalized spacial score (nSPS) is 15.6. The molecule has 1 aromatic carbocycles. The van der Waals surface area contributed by atoms with Gasteiger partial charge in [0.25, 0.3) is 5.91 Å². The van der Waals surface area contributed by atoms with E-state index in [0.717, 1.165) is 17.0 Å². The number of carbonyl (C=O) groups excluding carboxylic acids is 1. The SMILES string of the molecule is Cc1nn(C)c(C)c1-c1cc(C(=O)Nc2ccc(N3CCCS3(=O)=O)cc2)[nH]n1. The summed E-state index contributed by atoms with van der Waals surface area (Å²) in [6, 6.07) is 8.46. The van der Waals surface area contributed by atoms with Gasteiger partial charge in [-0.15, -0.1) is 0 Å². The summed E-state index contributed by atoms with van der Waals surface area (Å²) in [7, 11) is -1.36. The van der Waals surface area contributed by atoms with E-state index in [-0.39, 0.29) is 11.7 Å². The summed E-state index contributed by atoms with van der Waals surface area (Å²) in [4.78, 5) is 12.6. The molecule has 4 rings (SSSR count). The molecule has 2 aromatic heterocycles. The van der Waals surface area contributed by atoms with Gasteiger partial charge in [-0.1, -0.05) is 0 Å². The Morgan fingerprint density at radius 2 is 1.93 bits per heavy atom. The predicted molar refractivity (Wildman–Crippen MR) is 110 cm³/mol. The molecule has 3 heterocycles. The molecule has 0 aliphatic carbocycles. The first-order valence-electron chi connectivity index (χ1n) is 9.24. The van der Waals surface area contributed by atoms with E-state index in [0.29, 0.717) is 35.7 Å². The van der Waals surface area contributed by atoms with Gasteiger partial charge in [0.05, 0.1) is 22.8 Å². The Labute approximate surface area is 168 Å². The van der Waals surface area contributed by atoms with Gasteiger partial charge in [-0.25, -0.2) is 8.42 Å². The van der Waals surface area contributed by atoms with Crippen molar-refractivity contribution in [2.24, 2.45) is 7.05 Å². The number of aryl methyl sites for hydroxylation is 2. The first-order valence-corrected chi connectivity index (χ1v) is 10.8. The highest BCUT2D eigenvalue weighted by atomic mass is 32.2. The van der Waals surface area contributed by atoms with Crippen LogP contribution in [0.25, 0.3) is 11.3 Å². The van der Waals surface area contributed by atoms with Crippen molar-refractivity contribution in [3.05, 3.63) is 47.4 Å². The summed E-state index contributed by atoms with van der Waals surface area (Å²) in [5.41, 5.74) is 4.87. The van der Waals surface area contributed by atoms with Gasteiger partial charge < -0.3 is 5.32 Å². The molecular formula is C19H22N6O3S. The number of amides is 1. The largest absolute Gasteiger partial charge is 0.321 e. The molecule has 3 aromatic rings. The second-order valence-corrected chi connectivity index (χ2v) is 9.09. The lowest BCUT2D eigenvalue weighted by molar-refractivity contribution is 0.102. The molecule has 0 radical (unpaired) electrons. The molecule has 1 aliphatic rings. The van der Waals surface area contributed by atoms with E-state index in [2.05, 4.69) is 20.6 Å². The molecule has 1 aliphatic heterocycles. The lowest BCUT2D eigenvalue weighted by atomic mass is 10.1. The Bertz CT molecular complexity index is 1180. The molecule has 29 heavy (non-hydrogen) atoms. The summed E-state index contributed by atoms with van der Waals surface area (Å²) in [6.07, 6.45) is 0.624. The monoisotopic (exact) mass is 414 g/mol. The van der Waals surface area contributed by atoms with Crippen LogP contribution in [0, 0.1) is 13.8 Å². The molecule has 152 valence electrons. The van der Waals surface area contributed by atoms with Crippen LogP contribution in [0.1, 0.15) is 28.3 Å². The number of sulfonamides is 1. The summed E-state index contributed by atoms with van der Waals surface area (Å²) in [5, 5.41) is 14.2. The number of nitrogens with zero attached hydrogens (tertiary/aromatic N) is 4. The molecule has 1 amide bonds. The Hall–Kier alpha value is -3.14. The van der Waals surface area contributed by atoms with Gasteiger partial charge in [-0.3, -0.25) is 18.9 Å². The van der Waals surface area contributed by atoms with Crippen LogP contribution >= 0.6 is 0 Å². The molecule has 0 unspecified atom stereocenters. The maximum absolute atomic E-state index is 12.6. The number of hydrogen-bond acceptors (Lipinski definition) is 5. The number of carbonyl (C=O) groups is 1. The van der Waals surface area contributed by atoms with Gasteiger partial charge in [0, 0.05) is 30.5 Å². The van der Waals surface area contributed by atoms with Crippen LogP contribution in [0.15, 0.2) is 30.3 Å². The lowest BCUT2D eigenvalue weighted by Gasteiger charge is -2.17. The summed E-state index contributed by atoms with van der Waals surface area (Å²) in [5.74, 6) is -0.159. The van der Waals surface area contributed by atoms with E-state index in [1.165, 1.54) is 4.31 Å². The average Bonchev–Trinajstić information content (AvgIpc) is 3.34. The topological polar surface area (TPSA) is 113 Å². The number of hydrogen-bond donors (Lipinski definition) is 2. The van der Waals surface area contributed by atoms with Crippen LogP contribution in [0.4, 0.5) is 11.4 Å². The highest BCUT2D eigenvalue weighted by molar-refractivity contribution is 7.93. The summed E-state index contributed by atoms with van der Waals surface area (Å²) < 4.78 is 27.2. The van der Waals surface area contributed by atoms with E-state index in [9.17, 15) is 13.2 Å². The number of aromatic nitrogens is 4. The molecule has 0 saturated carbocycles. The standard InChI is InChI=1S/C19H22N6O3S/c1-12-18(13(2)24(3)23-12)16-11-17(22-21-16)19(26)20-14-5-7-15(8-6-14)25-9-4-10-29(25,27)28/h5-8,11H,4,9-10H2,1-3H3,(H,20,26)(H,21,22). The number of aromatic amines is 1. The fraction of sp³-hybridized carbons (Fsp3) is 0.316. The fourth-order valence-electron chi connectivity index (χ4n) is 3.55. The van der Waals surface area contributed by atoms with E-state index in [4.69, 9.17) is 0 Å². The minimum absolute atomic E-state index is 0.170. The second kappa shape index (κ2) is 7.03. The van der Waals surface area contributed by atoms with E-state index < -0.39 is 10.0 Å². The van der Waals surface area contributed by atoms with E-state index in [1.54, 1.807) is 35.0 Å². The zero-order valence-corrected chi connectivity index (χ0v) is 17.2. The first-order chi connectivity index (χ1) is 13.8. The number of rotatable bonds is 4. The van der Waals surface area contributed by atoms with E-state index in [1.807, 2.05) is 20.9 Å². The second-order valence-electron chi connectivity index (χ2n) is 7.08. The quantitative estimate of drug-likeness (QED) is 0.680. The number of anilines is 2. The van der Waals surface area contributed by atoms with Crippen LogP contribution < -0.4 is 9.62 Å². The third-order valence-electron chi connectivity index (χ3n) is 5.10. The van der Waals surface area contributed by atoms with Crippen molar-refractivity contribution in [3.63, 3.8) is 0 Å². The molecular weight excluding hydrogens is 392 g/mol. The smallest absolute Gasteiger partial charge is 0.273 e. The first kappa shape index (κ1) is 19.2. The van der Waals surface area contributed by atoms with Crippen molar-refractivity contribution in [2.45, 2.75) is 20.3 Å². The number of H-pyrrole nitrogens is 1. The number of benzene rings is 1. The van der Waals surface area contributed by atoms with Gasteiger partial charge in [0.15, 0.2) is 0 Å². The third kappa shape index (κ3) is 3.51. The highest BCUT2D eigenvalue weighted by Crippen LogP contribution is 2.27. The van der Waals surface area contributed by atoms with Crippen LogP contribution in [0.5, 0.6) is 0 Å². The third-order valence-corrected chi connectivity index (χ3v) is 6.97. The summed E-state index contributed by atoms with van der Waals surface area (Å²) in [6.45, 7) is 4.34. The Balaban J connectivity index is 1.50. The minimum atomic E-state index is -3.22. The molecule has 2 N–H and O–H groups in total. The minimum Gasteiger partial charge on any atom is -0.321 e. The van der Waals surface area contributed by atoms with Crippen molar-refractivity contribution in [1.82, 2.24) is 20.0 Å². The van der Waals surface area contributed by atoms with Gasteiger partial charge in [0.1, 0.15) is 5.69 Å². The van der Waals surface area contributed by atoms with Gasteiger partial charge >= 0.3 is 0 Å². The van der Waals surface area contributed by atoms with Crippen molar-refractivity contribution >= 4 is 27.3 Å². The zero-order valence-electron chi connectivity index (χ0n) is 16.4. The fourth-order valence-corrected chi connectivity index (χ4v) is 5.11. The predicted octanol–water partition coefficient (Wildman–Crippen LogP) is 2.22. The van der Waals surface area contributed by atoms with Gasteiger partial charge in [0.2, 0.25) is 10.0 Å². The van der Waals surface area contributed by atoms with Gasteiger partial charge in [-0.2, -0.15) is 10.2 Å². The van der Waals surface area contributed by atoms with Crippen molar-refractivity contribution < 1.29 is 13.2 Å². The van der Waals surface area contributed by atoms with Crippen LogP contribution in [-0.2, 0) is 17.1 Å². The van der Waals surface area contributed by atoms with Crippen molar-refractivity contribution in [2.75, 3.05) is 21.9 Å². The molecule has 9 nitrogen and oxygen atoms in total. The molecule has 10 heteroatoms. The van der Waals surface area contributed by atoms with Crippen LogP contribution in [0.3, 0.4) is 0 Å². The van der Waals surface area contributed by atoms with Crippen LogP contribution in [0.2, 0.25) is 0 Å². The molecule has 0 bridgehead atoms. The molecule has 1 saturated heterocycles. The summed E-state index contributed by atoms with van der Waals surface area (Å²) >= 11 is 0. The Morgan fingerprint density at radius 3 is 2.52 bits per heavy atom. The molecule has 1 fully saturated rings. The Morgan fingerprint density at radius 1 is 1.21 bits per heavy atom. The molecule has 0 atom stereocenters. The van der Waals surface area contributed by atoms with Gasteiger partial charge in [-0.05, 0) is 50.6 Å². The Kier molecular flexibility index (Phi) is 4.65. The zero-order chi connectivity index (χ0) is 20.8. The maximum Gasteiger partial charge on any atom is 0.273 e. The lowest BCUT2D eigenvalue weighted by Crippen LogP contribution is -2.25. The average molecular weight is 414 g/mol. The molecule has 0 spiro atoms. The highest BCUT2D eigenvalue weighted by Gasteiger charge is 2.28.